The van der Waals surface area contributed by atoms with Gasteiger partial charge in [-0.25, -0.2) is 9.79 Å². The predicted molar refractivity (Wildman–Crippen MR) is 126 cm³/mol. The van der Waals surface area contributed by atoms with Crippen molar-refractivity contribution in [3.8, 4) is 5.75 Å². The minimum Gasteiger partial charge on any atom is -0.489 e. The first-order chi connectivity index (χ1) is 15.5. The van der Waals surface area contributed by atoms with Gasteiger partial charge in [-0.1, -0.05) is 42.5 Å². The van der Waals surface area contributed by atoms with Crippen LogP contribution in [-0.4, -0.2) is 22.2 Å². The third-order valence-corrected chi connectivity index (χ3v) is 5.66. The smallest absolute Gasteiger partial charge is 0.335 e. The number of thioether (sulfide) groups is 1. The van der Waals surface area contributed by atoms with Gasteiger partial charge in [0.25, 0.3) is 5.91 Å². The van der Waals surface area contributed by atoms with E-state index < -0.39 is 5.97 Å². The number of amidine groups is 1. The molecule has 0 spiro atoms. The molecule has 0 saturated carbocycles. The number of ether oxygens (including phenoxy) is 1. The minimum absolute atomic E-state index is 0.180. The van der Waals surface area contributed by atoms with Gasteiger partial charge in [-0.05, 0) is 71.8 Å². The Kier molecular flexibility index (Phi) is 6.37. The van der Waals surface area contributed by atoms with Gasteiger partial charge in [0.05, 0.1) is 16.2 Å². The van der Waals surface area contributed by atoms with Crippen LogP contribution in [0, 0.1) is 6.92 Å². The highest BCUT2D eigenvalue weighted by molar-refractivity contribution is 8.18. The fourth-order valence-electron chi connectivity index (χ4n) is 3.05. The van der Waals surface area contributed by atoms with Gasteiger partial charge < -0.3 is 15.2 Å². The summed E-state index contributed by atoms with van der Waals surface area (Å²) >= 11 is 1.30. The Morgan fingerprint density at radius 1 is 1.09 bits per heavy atom. The zero-order valence-corrected chi connectivity index (χ0v) is 18.1. The van der Waals surface area contributed by atoms with Crippen LogP contribution >= 0.6 is 11.8 Å². The molecule has 0 bridgehead atoms. The van der Waals surface area contributed by atoms with E-state index in [1.54, 1.807) is 24.3 Å². The number of aromatic carboxylic acids is 1. The maximum absolute atomic E-state index is 12.3. The molecule has 0 unspecified atom stereocenters. The van der Waals surface area contributed by atoms with E-state index in [0.29, 0.717) is 15.8 Å². The number of benzene rings is 3. The fraction of sp³-hybridized carbons (Fsp3) is 0.0800. The van der Waals surface area contributed by atoms with Crippen LogP contribution in [0.1, 0.15) is 27.0 Å². The number of rotatable bonds is 6. The summed E-state index contributed by atoms with van der Waals surface area (Å²) < 4.78 is 5.75. The van der Waals surface area contributed by atoms with Crippen LogP contribution in [0.5, 0.6) is 5.75 Å². The Bertz CT molecular complexity index is 1230. The van der Waals surface area contributed by atoms with Gasteiger partial charge in [-0.2, -0.15) is 0 Å². The molecule has 32 heavy (non-hydrogen) atoms. The van der Waals surface area contributed by atoms with Crippen LogP contribution in [0.25, 0.3) is 6.08 Å². The zero-order valence-electron chi connectivity index (χ0n) is 17.2. The molecule has 0 aliphatic carbocycles. The molecule has 7 heteroatoms. The number of carboxylic acid groups (broad SMARTS) is 1. The van der Waals surface area contributed by atoms with Crippen molar-refractivity contribution in [3.05, 3.63) is 100.0 Å². The first kappa shape index (κ1) is 21.4. The number of hydrogen-bond acceptors (Lipinski definition) is 5. The van der Waals surface area contributed by atoms with Crippen molar-refractivity contribution in [1.29, 1.82) is 0 Å². The Morgan fingerprint density at radius 3 is 2.62 bits per heavy atom. The number of para-hydroxylation sites is 1. The summed E-state index contributed by atoms with van der Waals surface area (Å²) in [5.74, 6) is -0.496. The highest BCUT2D eigenvalue weighted by atomic mass is 32.2. The molecule has 4 rings (SSSR count). The number of carboxylic acids is 1. The van der Waals surface area contributed by atoms with Crippen molar-refractivity contribution >= 4 is 40.6 Å². The van der Waals surface area contributed by atoms with Crippen molar-refractivity contribution in [1.82, 2.24) is 5.32 Å². The summed E-state index contributed by atoms with van der Waals surface area (Å²) in [5, 5.41) is 12.4. The van der Waals surface area contributed by atoms with E-state index in [0.717, 1.165) is 22.4 Å². The van der Waals surface area contributed by atoms with E-state index in [9.17, 15) is 9.59 Å². The number of carbonyl (C=O) groups excluding carboxylic acids is 1. The average molecular weight is 445 g/mol. The van der Waals surface area contributed by atoms with Crippen LogP contribution in [0.4, 0.5) is 5.69 Å². The largest absolute Gasteiger partial charge is 0.489 e. The van der Waals surface area contributed by atoms with E-state index in [-0.39, 0.29) is 18.1 Å². The number of nitrogens with one attached hydrogen (secondary N) is 1. The molecular formula is C25H20N2O4S. The summed E-state index contributed by atoms with van der Waals surface area (Å²) in [6.45, 7) is 2.24. The number of hydrogen-bond donors (Lipinski definition) is 2. The maximum Gasteiger partial charge on any atom is 0.335 e. The van der Waals surface area contributed by atoms with Crippen LogP contribution in [0.3, 0.4) is 0 Å². The average Bonchev–Trinajstić information content (AvgIpc) is 3.13. The number of amides is 1. The SMILES string of the molecule is Cc1ccccc1N=C1NC(=O)/C(=C/c2ccc(OCc3cccc(C(=O)O)c3)cc2)S1. The second-order valence-electron chi connectivity index (χ2n) is 7.13. The summed E-state index contributed by atoms with van der Waals surface area (Å²) in [7, 11) is 0. The van der Waals surface area contributed by atoms with E-state index in [2.05, 4.69) is 10.3 Å². The van der Waals surface area contributed by atoms with E-state index in [4.69, 9.17) is 9.84 Å². The topological polar surface area (TPSA) is 88.0 Å². The van der Waals surface area contributed by atoms with Crippen molar-refractivity contribution < 1.29 is 19.4 Å². The molecule has 1 amide bonds. The molecular weight excluding hydrogens is 424 g/mol. The van der Waals surface area contributed by atoms with Crippen molar-refractivity contribution in [2.75, 3.05) is 0 Å². The molecule has 1 saturated heterocycles. The molecule has 1 aliphatic rings. The van der Waals surface area contributed by atoms with Gasteiger partial charge in [0.1, 0.15) is 12.4 Å². The van der Waals surface area contributed by atoms with Crippen LogP contribution in [0.2, 0.25) is 0 Å². The quantitative estimate of drug-likeness (QED) is 0.513. The summed E-state index contributed by atoms with van der Waals surface area (Å²) in [5.41, 5.74) is 3.73. The molecule has 160 valence electrons. The lowest BCUT2D eigenvalue weighted by Gasteiger charge is -2.07. The summed E-state index contributed by atoms with van der Waals surface area (Å²) in [6, 6.07) is 21.7. The molecule has 0 radical (unpaired) electrons. The van der Waals surface area contributed by atoms with Gasteiger partial charge in [0.2, 0.25) is 0 Å². The molecule has 0 atom stereocenters. The summed E-state index contributed by atoms with van der Waals surface area (Å²) in [6.07, 6.45) is 1.81. The second-order valence-corrected chi connectivity index (χ2v) is 8.16. The van der Waals surface area contributed by atoms with Crippen LogP contribution in [-0.2, 0) is 11.4 Å². The predicted octanol–water partition coefficient (Wildman–Crippen LogP) is 5.16. The van der Waals surface area contributed by atoms with Crippen molar-refractivity contribution in [2.24, 2.45) is 4.99 Å². The minimum atomic E-state index is -0.967. The summed E-state index contributed by atoms with van der Waals surface area (Å²) in [4.78, 5) is 28.5. The number of carbonyl (C=O) groups is 2. The Morgan fingerprint density at radius 2 is 1.88 bits per heavy atom. The monoisotopic (exact) mass is 444 g/mol. The van der Waals surface area contributed by atoms with Crippen molar-refractivity contribution in [2.45, 2.75) is 13.5 Å². The molecule has 3 aromatic rings. The van der Waals surface area contributed by atoms with Gasteiger partial charge >= 0.3 is 5.97 Å². The molecule has 0 aromatic heterocycles. The Balaban J connectivity index is 1.41. The highest BCUT2D eigenvalue weighted by Crippen LogP contribution is 2.29. The molecule has 3 aromatic carbocycles. The van der Waals surface area contributed by atoms with Gasteiger partial charge in [-0.3, -0.25) is 4.79 Å². The maximum atomic E-state index is 12.3. The van der Waals surface area contributed by atoms with Crippen LogP contribution in [0.15, 0.2) is 82.7 Å². The van der Waals surface area contributed by atoms with Crippen LogP contribution < -0.4 is 10.1 Å². The lowest BCUT2D eigenvalue weighted by molar-refractivity contribution is -0.115. The fourth-order valence-corrected chi connectivity index (χ4v) is 3.89. The van der Waals surface area contributed by atoms with Gasteiger partial charge in [-0.15, -0.1) is 0 Å². The normalized spacial score (nSPS) is 15.7. The highest BCUT2D eigenvalue weighted by Gasteiger charge is 2.23. The molecule has 1 aliphatic heterocycles. The third-order valence-electron chi connectivity index (χ3n) is 4.75. The van der Waals surface area contributed by atoms with E-state index >= 15 is 0 Å². The van der Waals surface area contributed by atoms with E-state index in [1.165, 1.54) is 11.8 Å². The number of aryl methyl sites for hydroxylation is 1. The lowest BCUT2D eigenvalue weighted by atomic mass is 10.1. The number of aliphatic imine (C=N–C) groups is 1. The zero-order chi connectivity index (χ0) is 22.5. The lowest BCUT2D eigenvalue weighted by Crippen LogP contribution is -2.19. The standard InChI is InChI=1S/C25H20N2O4S/c1-16-5-2-3-8-21(16)26-25-27-23(28)22(32-25)14-17-9-11-20(12-10-17)31-15-18-6-4-7-19(13-18)24(29)30/h2-14H,15H2,1H3,(H,29,30)(H,26,27,28)/b22-14-. The Hall–Kier alpha value is -3.84. The first-order valence-electron chi connectivity index (χ1n) is 9.88. The second kappa shape index (κ2) is 9.53. The molecule has 6 nitrogen and oxygen atoms in total. The molecule has 1 fully saturated rings. The van der Waals surface area contributed by atoms with Gasteiger partial charge in [0.15, 0.2) is 5.17 Å². The molecule has 1 heterocycles. The Labute approximate surface area is 189 Å². The van der Waals surface area contributed by atoms with Gasteiger partial charge in [0, 0.05) is 0 Å². The van der Waals surface area contributed by atoms with Crippen molar-refractivity contribution in [3.63, 3.8) is 0 Å². The number of nitrogens with zero attached hydrogens (tertiary/aromatic N) is 1. The van der Waals surface area contributed by atoms with E-state index in [1.807, 2.05) is 61.5 Å². The third kappa shape index (κ3) is 5.25. The first-order valence-corrected chi connectivity index (χ1v) is 10.7. The molecule has 2 N–H and O–H groups in total.